The molecule has 2 atom stereocenters. The number of hydrogen-bond acceptors (Lipinski definition) is 12. The maximum absolute atomic E-state index is 13.7. The minimum atomic E-state index is -4.02. The topological polar surface area (TPSA) is 197 Å². The molecule has 22 heteroatoms. The SMILES string of the molecule is CC[C@@H](NN)C(C)(C)C.CC[C@@H](NNC(=O)c1ccc(Br)c(OCCOC)c1C)C(C)(C)C.COCCOc1c(Br)ccc(C(=O)Oc2c(F)c(F)c(F)c(F)c2F)c1C.Cc1ccc(S(=O)(=O)O)cc1. The van der Waals surface area contributed by atoms with Gasteiger partial charge in [0.2, 0.25) is 34.8 Å². The average Bonchev–Trinajstić information content (AvgIpc) is 3.28. The van der Waals surface area contributed by atoms with E-state index in [-0.39, 0.29) is 57.8 Å². The van der Waals surface area contributed by atoms with Crippen molar-refractivity contribution in [1.82, 2.24) is 16.3 Å². The minimum absolute atomic E-state index is 0.0607. The fourth-order valence-electron chi connectivity index (χ4n) is 6.26. The summed E-state index contributed by atoms with van der Waals surface area (Å²) < 4.78 is 123. The molecule has 0 aromatic heterocycles. The van der Waals surface area contributed by atoms with Gasteiger partial charge in [-0.15, -0.1) is 0 Å². The zero-order valence-corrected chi connectivity index (χ0v) is 46.3. The summed E-state index contributed by atoms with van der Waals surface area (Å²) in [6.45, 7) is 23.7. The number of methoxy groups -OCH3 is 2. The third kappa shape index (κ3) is 20.3. The van der Waals surface area contributed by atoms with Crippen LogP contribution in [-0.2, 0) is 19.6 Å². The predicted molar refractivity (Wildman–Crippen MR) is 270 cm³/mol. The molecule has 398 valence electrons. The number of nitrogens with one attached hydrogen (secondary N) is 3. The van der Waals surface area contributed by atoms with Crippen molar-refractivity contribution in [3.63, 3.8) is 0 Å². The van der Waals surface area contributed by atoms with E-state index in [2.05, 4.69) is 108 Å². The van der Waals surface area contributed by atoms with E-state index in [9.17, 15) is 40.0 Å². The van der Waals surface area contributed by atoms with Crippen molar-refractivity contribution >= 4 is 53.9 Å². The van der Waals surface area contributed by atoms with Crippen LogP contribution >= 0.6 is 31.9 Å². The van der Waals surface area contributed by atoms with Gasteiger partial charge in [-0.3, -0.25) is 26.0 Å². The molecular formula is C49H67Br2F5N4O10S. The number of nitrogens with two attached hydrogens (primary N) is 1. The van der Waals surface area contributed by atoms with Crippen LogP contribution in [0, 0.1) is 60.7 Å². The number of hydrogen-bond donors (Lipinski definition) is 5. The van der Waals surface area contributed by atoms with Gasteiger partial charge in [0.05, 0.1) is 32.6 Å². The van der Waals surface area contributed by atoms with E-state index < -0.39 is 50.9 Å². The third-order valence-electron chi connectivity index (χ3n) is 10.4. The first-order valence-electron chi connectivity index (χ1n) is 22.1. The lowest BCUT2D eigenvalue weighted by Gasteiger charge is -2.30. The van der Waals surface area contributed by atoms with Crippen molar-refractivity contribution in [1.29, 1.82) is 0 Å². The molecular weight excluding hydrogens is 1090 g/mol. The molecule has 0 aliphatic rings. The summed E-state index contributed by atoms with van der Waals surface area (Å²) in [4.78, 5) is 24.7. The standard InChI is InChI=1S/C18H29BrN2O3.C17H12BrF5O4.C7H18N2.C7H8O3S/c1-7-15(18(3,4)5)20-21-17(22)13-8-9-14(19)16(12(13)2)24-11-10-23-6;1-7-8(3-4-9(18)15(7)26-6-5-25-2)17(24)27-16-13(22)11(20)10(19)12(21)14(16)23;1-5-6(9-8)7(2,3)4;1-6-2-4-7(5-3-6)11(8,9)10/h8-9,15,20H,7,10-11H2,1-6H3,(H,21,22);3-4H,5-6H2,1-2H3;6,9H,5,8H2,1-4H3;2-5H,1H3,(H,8,9,10)/t15-;;6-;/m1.1./s1. The summed E-state index contributed by atoms with van der Waals surface area (Å²) in [5.74, 6) is -8.21. The molecule has 0 bridgehead atoms. The van der Waals surface area contributed by atoms with Gasteiger partial charge in [0.1, 0.15) is 24.7 Å². The molecule has 0 saturated carbocycles. The van der Waals surface area contributed by atoms with E-state index in [1.54, 1.807) is 25.3 Å². The number of aryl methyl sites for hydroxylation is 1. The quantitative estimate of drug-likeness (QED) is 0.00771. The molecule has 0 spiro atoms. The summed E-state index contributed by atoms with van der Waals surface area (Å²) in [7, 11) is -0.933. The Balaban J connectivity index is 0.000000518. The van der Waals surface area contributed by atoms with E-state index in [1.807, 2.05) is 19.9 Å². The highest BCUT2D eigenvalue weighted by Crippen LogP contribution is 2.35. The van der Waals surface area contributed by atoms with E-state index in [0.717, 1.165) is 28.4 Å². The van der Waals surface area contributed by atoms with Crippen LogP contribution in [0.3, 0.4) is 0 Å². The van der Waals surface area contributed by atoms with Crippen LogP contribution in [0.25, 0.3) is 0 Å². The summed E-state index contributed by atoms with van der Waals surface area (Å²) in [6, 6.07) is 12.9. The number of esters is 1. The fraction of sp³-hybridized carbons (Fsp3) is 0.469. The highest BCUT2D eigenvalue weighted by Gasteiger charge is 2.30. The minimum Gasteiger partial charge on any atom is -0.490 e. The molecule has 0 saturated heterocycles. The van der Waals surface area contributed by atoms with Crippen LogP contribution in [0.4, 0.5) is 22.0 Å². The van der Waals surface area contributed by atoms with Crippen molar-refractivity contribution in [3.05, 3.63) is 114 Å². The zero-order valence-electron chi connectivity index (χ0n) is 42.3. The van der Waals surface area contributed by atoms with Crippen LogP contribution < -0.4 is 36.3 Å². The summed E-state index contributed by atoms with van der Waals surface area (Å²) in [5.41, 5.74) is 11.5. The molecule has 4 rings (SSSR count). The van der Waals surface area contributed by atoms with Gasteiger partial charge < -0.3 is 23.7 Å². The second kappa shape index (κ2) is 30.1. The van der Waals surface area contributed by atoms with Crippen LogP contribution in [0.2, 0.25) is 0 Å². The summed E-state index contributed by atoms with van der Waals surface area (Å²) in [6.07, 6.45) is 2.01. The van der Waals surface area contributed by atoms with Crippen molar-refractivity contribution in [2.24, 2.45) is 16.7 Å². The molecule has 4 aromatic carbocycles. The van der Waals surface area contributed by atoms with E-state index in [4.69, 9.17) is 29.3 Å². The van der Waals surface area contributed by atoms with Gasteiger partial charge in [0, 0.05) is 43.0 Å². The summed E-state index contributed by atoms with van der Waals surface area (Å²) >= 11 is 6.69. The smallest absolute Gasteiger partial charge is 0.344 e. The Morgan fingerprint density at radius 1 is 0.648 bits per heavy atom. The Morgan fingerprint density at radius 2 is 1.06 bits per heavy atom. The first kappa shape index (κ1) is 64.8. The Kier molecular flexibility index (Phi) is 27.4. The van der Waals surface area contributed by atoms with Gasteiger partial charge in [-0.1, -0.05) is 73.1 Å². The number of ether oxygens (including phenoxy) is 5. The Bertz CT molecular complexity index is 2440. The van der Waals surface area contributed by atoms with Gasteiger partial charge in [0.15, 0.2) is 0 Å². The molecule has 4 aromatic rings. The Morgan fingerprint density at radius 3 is 1.42 bits per heavy atom. The van der Waals surface area contributed by atoms with Crippen LogP contribution in [-0.4, -0.2) is 77.6 Å². The average molecular weight is 1160 g/mol. The predicted octanol–water partition coefficient (Wildman–Crippen LogP) is 11.1. The van der Waals surface area contributed by atoms with Crippen LogP contribution in [0.15, 0.2) is 62.4 Å². The van der Waals surface area contributed by atoms with E-state index >= 15 is 0 Å². The molecule has 6 N–H and O–H groups in total. The molecule has 0 radical (unpaired) electrons. The van der Waals surface area contributed by atoms with Gasteiger partial charge in [-0.25, -0.2) is 23.4 Å². The highest BCUT2D eigenvalue weighted by atomic mass is 79.9. The largest absolute Gasteiger partial charge is 0.490 e. The summed E-state index contributed by atoms with van der Waals surface area (Å²) in [5, 5.41) is 0. The van der Waals surface area contributed by atoms with Crippen molar-refractivity contribution in [2.75, 3.05) is 40.6 Å². The van der Waals surface area contributed by atoms with Gasteiger partial charge in [-0.2, -0.15) is 17.2 Å². The molecule has 0 unspecified atom stereocenters. The Labute approximate surface area is 431 Å². The van der Waals surface area contributed by atoms with Gasteiger partial charge in [-0.05, 0) is 113 Å². The van der Waals surface area contributed by atoms with E-state index in [1.165, 1.54) is 38.3 Å². The van der Waals surface area contributed by atoms with Crippen LogP contribution in [0.5, 0.6) is 17.2 Å². The number of benzene rings is 4. The highest BCUT2D eigenvalue weighted by molar-refractivity contribution is 9.11. The normalized spacial score (nSPS) is 12.2. The maximum Gasteiger partial charge on any atom is 0.344 e. The van der Waals surface area contributed by atoms with Gasteiger partial charge >= 0.3 is 5.97 Å². The van der Waals surface area contributed by atoms with Crippen LogP contribution in [0.1, 0.15) is 106 Å². The molecule has 0 heterocycles. The van der Waals surface area contributed by atoms with Crippen molar-refractivity contribution in [3.8, 4) is 17.2 Å². The molecule has 0 aliphatic heterocycles. The number of hydrazine groups is 2. The lowest BCUT2D eigenvalue weighted by molar-refractivity contribution is 0.0714. The monoisotopic (exact) mass is 1160 g/mol. The number of rotatable bonds is 17. The lowest BCUT2D eigenvalue weighted by Crippen LogP contribution is -2.49. The first-order valence-corrected chi connectivity index (χ1v) is 25.1. The molecule has 14 nitrogen and oxygen atoms in total. The number of carbonyl (C=O) groups is 2. The number of amides is 1. The van der Waals surface area contributed by atoms with E-state index in [0.29, 0.717) is 35.0 Å². The number of carbonyl (C=O) groups excluding carboxylic acids is 2. The lowest BCUT2D eigenvalue weighted by atomic mass is 9.86. The first-order chi connectivity index (χ1) is 32.9. The fourth-order valence-corrected chi connectivity index (χ4v) is 7.82. The number of halogens is 7. The molecule has 1 amide bonds. The van der Waals surface area contributed by atoms with Crippen molar-refractivity contribution < 1.29 is 68.2 Å². The van der Waals surface area contributed by atoms with Crippen molar-refractivity contribution in [2.45, 2.75) is 106 Å². The maximum atomic E-state index is 13.7. The van der Waals surface area contributed by atoms with Gasteiger partial charge in [0.25, 0.3) is 16.0 Å². The Hall–Kier alpha value is -4.26. The molecule has 71 heavy (non-hydrogen) atoms. The third-order valence-corrected chi connectivity index (χ3v) is 12.5. The molecule has 0 aliphatic carbocycles. The second-order valence-corrected chi connectivity index (χ2v) is 20.9. The molecule has 0 fully saturated rings. The second-order valence-electron chi connectivity index (χ2n) is 17.8. The zero-order chi connectivity index (χ0) is 54.6.